The summed E-state index contributed by atoms with van der Waals surface area (Å²) in [5, 5.41) is 10.1. The molecule has 5 atom stereocenters. The van der Waals surface area contributed by atoms with Crippen molar-refractivity contribution >= 4 is 11.5 Å². The maximum Gasteiger partial charge on any atom is 0.318 e. The number of hydrogen-bond donors (Lipinski definition) is 1. The Morgan fingerprint density at radius 3 is 2.85 bits per heavy atom. The molecule has 7 rings (SSSR count). The molecule has 2 aromatic rings. The van der Waals surface area contributed by atoms with Gasteiger partial charge in [0.2, 0.25) is 0 Å². The van der Waals surface area contributed by atoms with Crippen LogP contribution in [-0.2, 0) is 23.4 Å². The third-order valence-corrected chi connectivity index (χ3v) is 10.2. The van der Waals surface area contributed by atoms with Gasteiger partial charge in [0.1, 0.15) is 36.4 Å². The Labute approximate surface area is 239 Å². The number of nitrogens with zero attached hydrogens (tertiary/aromatic N) is 5. The van der Waals surface area contributed by atoms with E-state index >= 15 is 0 Å². The van der Waals surface area contributed by atoms with Gasteiger partial charge in [-0.2, -0.15) is 15.2 Å². The van der Waals surface area contributed by atoms with Gasteiger partial charge in [-0.05, 0) is 62.6 Å². The lowest BCUT2D eigenvalue weighted by atomic mass is 9.69. The van der Waals surface area contributed by atoms with Crippen LogP contribution in [-0.4, -0.2) is 65.5 Å². The predicted molar refractivity (Wildman–Crippen MR) is 150 cm³/mol. The number of anilines is 2. The molecule has 4 aliphatic heterocycles. The van der Waals surface area contributed by atoms with Crippen LogP contribution in [0.3, 0.4) is 0 Å². The fraction of sp³-hybridized carbons (Fsp3) is 0.645. The minimum Gasteiger partial charge on any atom is -0.461 e. The number of benzene rings is 1. The summed E-state index contributed by atoms with van der Waals surface area (Å²) in [7, 11) is 0. The van der Waals surface area contributed by atoms with E-state index in [1.54, 1.807) is 0 Å². The van der Waals surface area contributed by atoms with Gasteiger partial charge in [-0.3, -0.25) is 4.90 Å². The average molecular weight is 565 g/mol. The van der Waals surface area contributed by atoms with E-state index in [0.717, 1.165) is 61.0 Å². The topological polar surface area (TPSA) is 101 Å². The molecule has 1 spiro atoms. The van der Waals surface area contributed by atoms with Crippen LogP contribution < -0.4 is 15.4 Å². The Morgan fingerprint density at radius 1 is 1.15 bits per heavy atom. The minimum absolute atomic E-state index is 0.248. The lowest BCUT2D eigenvalue weighted by molar-refractivity contribution is -0.0873. The van der Waals surface area contributed by atoms with E-state index in [2.05, 4.69) is 17.9 Å². The van der Waals surface area contributed by atoms with Crippen LogP contribution >= 0.6 is 0 Å². The maximum absolute atomic E-state index is 14.6. The summed E-state index contributed by atoms with van der Waals surface area (Å²) in [5.41, 5.74) is 9.78. The van der Waals surface area contributed by atoms with Crippen molar-refractivity contribution in [3.8, 4) is 12.1 Å². The van der Waals surface area contributed by atoms with E-state index in [9.17, 15) is 14.0 Å². The highest BCUT2D eigenvalue weighted by Gasteiger charge is 2.50. The van der Waals surface area contributed by atoms with Crippen LogP contribution in [0.25, 0.3) is 0 Å². The van der Waals surface area contributed by atoms with Gasteiger partial charge in [0.05, 0.1) is 29.9 Å². The van der Waals surface area contributed by atoms with Crippen LogP contribution in [0.2, 0.25) is 0 Å². The standard InChI is InChI=1S/C31H38F2N6O2/c1-19-7-9-31(27-22(19)5-6-25(35)23(27)14-34)13-26-24(17-41-31)28(38-10-2-4-20(32)15-38)37-29(36-26)40-18-30-8-3-11-39(30)16-21(33)12-30/h5-6,19-21H,2-4,7-13,15-18,35H2,1H3/t19-,20?,21+,30?,31-/m0/s1. The molecule has 0 saturated carbocycles. The molecular formula is C31H38F2N6O2. The number of ether oxygens (including phenoxy) is 2. The lowest BCUT2D eigenvalue weighted by Crippen LogP contribution is -2.44. The first kappa shape index (κ1) is 26.8. The molecule has 1 aromatic heterocycles. The number of halogens is 2. The Bertz CT molecular complexity index is 1400. The Morgan fingerprint density at radius 2 is 2.02 bits per heavy atom. The molecule has 2 unspecified atom stereocenters. The SMILES string of the molecule is C[C@H]1CC[C@]2(Cc3nc(OCC45CCCN4C[C@H](F)C5)nc(N4CCCC(F)C4)c3CO2)c2c1ccc(N)c2C#N. The molecular weight excluding hydrogens is 526 g/mol. The van der Waals surface area contributed by atoms with Crippen molar-refractivity contribution in [3.05, 3.63) is 40.1 Å². The Kier molecular flexibility index (Phi) is 6.58. The first-order valence-electron chi connectivity index (χ1n) is 15.1. The van der Waals surface area contributed by atoms with E-state index < -0.39 is 17.9 Å². The van der Waals surface area contributed by atoms with Crippen LogP contribution in [0.1, 0.15) is 85.7 Å². The molecule has 1 aromatic carbocycles. The number of rotatable bonds is 4. The second-order valence-corrected chi connectivity index (χ2v) is 12.8. The van der Waals surface area contributed by atoms with Gasteiger partial charge in [0.15, 0.2) is 0 Å². The molecule has 0 radical (unpaired) electrons. The number of hydrogen-bond acceptors (Lipinski definition) is 8. The van der Waals surface area contributed by atoms with E-state index in [1.165, 1.54) is 0 Å². The highest BCUT2D eigenvalue weighted by atomic mass is 19.1. The van der Waals surface area contributed by atoms with Gasteiger partial charge in [-0.25, -0.2) is 8.78 Å². The van der Waals surface area contributed by atoms with Gasteiger partial charge < -0.3 is 20.1 Å². The number of nitriles is 1. The Hall–Kier alpha value is -3.03. The van der Waals surface area contributed by atoms with Crippen molar-refractivity contribution in [1.82, 2.24) is 14.9 Å². The highest BCUT2D eigenvalue weighted by molar-refractivity contribution is 5.64. The molecule has 10 heteroatoms. The van der Waals surface area contributed by atoms with Crippen LogP contribution in [0.4, 0.5) is 20.3 Å². The van der Waals surface area contributed by atoms with Crippen molar-refractivity contribution in [3.63, 3.8) is 0 Å². The van der Waals surface area contributed by atoms with E-state index in [0.29, 0.717) is 56.0 Å². The molecule has 1 aliphatic carbocycles. The van der Waals surface area contributed by atoms with Gasteiger partial charge in [0.25, 0.3) is 0 Å². The van der Waals surface area contributed by atoms with Gasteiger partial charge >= 0.3 is 6.01 Å². The molecule has 218 valence electrons. The van der Waals surface area contributed by atoms with Crippen LogP contribution in [0.5, 0.6) is 6.01 Å². The zero-order chi connectivity index (χ0) is 28.4. The molecule has 8 nitrogen and oxygen atoms in total. The zero-order valence-corrected chi connectivity index (χ0v) is 23.7. The van der Waals surface area contributed by atoms with Crippen molar-refractivity contribution in [2.45, 2.75) is 94.3 Å². The van der Waals surface area contributed by atoms with Crippen molar-refractivity contribution in [2.75, 3.05) is 43.4 Å². The summed E-state index contributed by atoms with van der Waals surface area (Å²) in [6.07, 6.45) is 4.00. The number of alkyl halides is 2. The monoisotopic (exact) mass is 564 g/mol. The molecule has 2 N–H and O–H groups in total. The summed E-state index contributed by atoms with van der Waals surface area (Å²) >= 11 is 0. The number of nitrogens with two attached hydrogens (primary N) is 1. The molecule has 0 amide bonds. The third kappa shape index (κ3) is 4.43. The fourth-order valence-corrected chi connectivity index (χ4v) is 8.12. The van der Waals surface area contributed by atoms with Gasteiger partial charge in [-0.15, -0.1) is 0 Å². The summed E-state index contributed by atoms with van der Waals surface area (Å²) in [6, 6.07) is 6.44. The average Bonchev–Trinajstić information content (AvgIpc) is 3.49. The zero-order valence-electron chi connectivity index (χ0n) is 23.7. The smallest absolute Gasteiger partial charge is 0.318 e. The maximum atomic E-state index is 14.6. The largest absolute Gasteiger partial charge is 0.461 e. The Balaban J connectivity index is 1.28. The van der Waals surface area contributed by atoms with Gasteiger partial charge in [-0.1, -0.05) is 13.0 Å². The minimum atomic E-state index is -0.923. The first-order chi connectivity index (χ1) is 19.8. The van der Waals surface area contributed by atoms with Crippen molar-refractivity contribution < 1.29 is 18.3 Å². The molecule has 0 bridgehead atoms. The van der Waals surface area contributed by atoms with E-state index in [1.807, 2.05) is 17.0 Å². The first-order valence-corrected chi connectivity index (χ1v) is 15.1. The van der Waals surface area contributed by atoms with E-state index in [4.69, 9.17) is 25.2 Å². The number of aromatic nitrogens is 2. The summed E-state index contributed by atoms with van der Waals surface area (Å²) < 4.78 is 42.0. The molecule has 5 aliphatic rings. The third-order valence-electron chi connectivity index (χ3n) is 10.2. The number of fused-ring (bicyclic) bond motifs is 4. The molecule has 3 fully saturated rings. The lowest BCUT2D eigenvalue weighted by Gasteiger charge is -2.45. The second-order valence-electron chi connectivity index (χ2n) is 12.8. The van der Waals surface area contributed by atoms with Crippen molar-refractivity contribution in [2.24, 2.45) is 0 Å². The van der Waals surface area contributed by atoms with E-state index in [-0.39, 0.29) is 30.6 Å². The summed E-state index contributed by atoms with van der Waals surface area (Å²) in [5.74, 6) is 0.942. The van der Waals surface area contributed by atoms with Crippen molar-refractivity contribution in [1.29, 1.82) is 5.26 Å². The normalized spacial score (nSPS) is 32.8. The quantitative estimate of drug-likeness (QED) is 0.534. The van der Waals surface area contributed by atoms with Gasteiger partial charge in [0, 0.05) is 42.7 Å². The summed E-state index contributed by atoms with van der Waals surface area (Å²) in [4.78, 5) is 14.0. The predicted octanol–water partition coefficient (Wildman–Crippen LogP) is 4.69. The fourth-order valence-electron chi connectivity index (χ4n) is 8.12. The molecule has 3 saturated heterocycles. The highest BCUT2D eigenvalue weighted by Crippen LogP contribution is 2.51. The second kappa shape index (κ2) is 10.1. The number of piperidine rings is 1. The van der Waals surface area contributed by atoms with Crippen LogP contribution in [0, 0.1) is 11.3 Å². The number of nitrogen functional groups attached to an aromatic ring is 1. The molecule has 5 heterocycles. The molecule has 41 heavy (non-hydrogen) atoms. The van der Waals surface area contributed by atoms with Crippen LogP contribution in [0.15, 0.2) is 12.1 Å². The summed E-state index contributed by atoms with van der Waals surface area (Å²) in [6.45, 7) is 5.06.